The maximum absolute atomic E-state index is 12.1. The fourth-order valence-corrected chi connectivity index (χ4v) is 3.51. The van der Waals surface area contributed by atoms with Crippen LogP contribution in [0.25, 0.3) is 0 Å². The van der Waals surface area contributed by atoms with Crippen LogP contribution in [0.5, 0.6) is 0 Å². The first-order valence-electron chi connectivity index (χ1n) is 6.13. The van der Waals surface area contributed by atoms with Crippen molar-refractivity contribution in [3.8, 4) is 0 Å². The highest BCUT2D eigenvalue weighted by molar-refractivity contribution is 9.10. The van der Waals surface area contributed by atoms with Gasteiger partial charge in [0, 0.05) is 0 Å². The van der Waals surface area contributed by atoms with Crippen LogP contribution in [0.2, 0.25) is 0 Å². The molecule has 1 heterocycles. The van der Waals surface area contributed by atoms with Crippen molar-refractivity contribution in [2.75, 3.05) is 10.5 Å². The Morgan fingerprint density at radius 1 is 1.20 bits per heavy atom. The van der Waals surface area contributed by atoms with Gasteiger partial charge >= 0.3 is 0 Å². The number of pyridine rings is 1. The van der Waals surface area contributed by atoms with E-state index in [-0.39, 0.29) is 11.7 Å². The van der Waals surface area contributed by atoms with E-state index < -0.39 is 10.0 Å². The van der Waals surface area contributed by atoms with Gasteiger partial charge in [-0.1, -0.05) is 37.3 Å². The number of halogens is 1. The summed E-state index contributed by atoms with van der Waals surface area (Å²) in [6.45, 7) is 1.90. The molecule has 2 rings (SSSR count). The molecule has 1 aromatic heterocycles. The number of nitrogens with zero attached hydrogens (tertiary/aromatic N) is 1. The van der Waals surface area contributed by atoms with Gasteiger partial charge in [-0.25, -0.2) is 13.4 Å². The monoisotopic (exact) mass is 354 g/mol. The maximum Gasteiger partial charge on any atom is 0.233 e. The van der Waals surface area contributed by atoms with Crippen molar-refractivity contribution >= 4 is 31.6 Å². The van der Waals surface area contributed by atoms with Crippen LogP contribution in [0.3, 0.4) is 0 Å². The molecule has 0 fully saturated rings. The fourth-order valence-electron chi connectivity index (χ4n) is 1.86. The molecule has 6 heteroatoms. The summed E-state index contributed by atoms with van der Waals surface area (Å²) < 4.78 is 27.4. The van der Waals surface area contributed by atoms with Crippen molar-refractivity contribution in [3.05, 3.63) is 58.8 Å². The topological polar surface area (TPSA) is 59.1 Å². The molecule has 1 aromatic carbocycles. The van der Waals surface area contributed by atoms with Crippen LogP contribution in [-0.4, -0.2) is 19.2 Å². The SMILES string of the molecule is CC(CS(=O)(=O)Nc1ccc(Br)nc1)c1ccccc1. The van der Waals surface area contributed by atoms with E-state index in [0.29, 0.717) is 10.3 Å². The average molecular weight is 355 g/mol. The molecule has 20 heavy (non-hydrogen) atoms. The molecule has 1 unspecified atom stereocenters. The third-order valence-corrected chi connectivity index (χ3v) is 4.79. The molecule has 1 atom stereocenters. The Hall–Kier alpha value is -1.40. The lowest BCUT2D eigenvalue weighted by Gasteiger charge is -2.13. The molecule has 0 aliphatic rings. The third kappa shape index (κ3) is 4.31. The number of sulfonamides is 1. The van der Waals surface area contributed by atoms with Gasteiger partial charge in [-0.2, -0.15) is 0 Å². The van der Waals surface area contributed by atoms with Crippen LogP contribution in [0.1, 0.15) is 18.4 Å². The minimum absolute atomic E-state index is 0.0348. The lowest BCUT2D eigenvalue weighted by Crippen LogP contribution is -2.20. The Labute approximate surface area is 127 Å². The molecule has 1 N–H and O–H groups in total. The predicted octanol–water partition coefficient (Wildman–Crippen LogP) is 3.39. The highest BCUT2D eigenvalue weighted by atomic mass is 79.9. The zero-order valence-corrected chi connectivity index (χ0v) is 13.4. The molecule has 0 aliphatic heterocycles. The van der Waals surface area contributed by atoms with E-state index in [1.807, 2.05) is 37.3 Å². The number of rotatable bonds is 5. The van der Waals surface area contributed by atoms with Crippen LogP contribution in [0.4, 0.5) is 5.69 Å². The van der Waals surface area contributed by atoms with E-state index in [0.717, 1.165) is 5.56 Å². The lowest BCUT2D eigenvalue weighted by atomic mass is 10.0. The summed E-state index contributed by atoms with van der Waals surface area (Å²) in [4.78, 5) is 3.99. The van der Waals surface area contributed by atoms with Crippen molar-refractivity contribution in [2.24, 2.45) is 0 Å². The summed E-state index contributed by atoms with van der Waals surface area (Å²) in [5, 5.41) is 0. The summed E-state index contributed by atoms with van der Waals surface area (Å²) in [6.07, 6.45) is 1.48. The second kappa shape index (κ2) is 6.37. The van der Waals surface area contributed by atoms with Crippen molar-refractivity contribution in [1.29, 1.82) is 0 Å². The third-order valence-electron chi connectivity index (χ3n) is 2.84. The number of anilines is 1. The van der Waals surface area contributed by atoms with Gasteiger partial charge in [0.2, 0.25) is 10.0 Å². The van der Waals surface area contributed by atoms with Crippen LogP contribution >= 0.6 is 15.9 Å². The Bertz CT molecular complexity index is 657. The predicted molar refractivity (Wildman–Crippen MR) is 84.2 cm³/mol. The highest BCUT2D eigenvalue weighted by Gasteiger charge is 2.17. The molecule has 106 valence electrons. The summed E-state index contributed by atoms with van der Waals surface area (Å²) in [7, 11) is -3.40. The number of hydrogen-bond acceptors (Lipinski definition) is 3. The van der Waals surface area contributed by atoms with Crippen molar-refractivity contribution in [1.82, 2.24) is 4.98 Å². The standard InChI is InChI=1S/C14H15BrN2O2S/c1-11(12-5-3-2-4-6-12)10-20(18,19)17-13-7-8-14(15)16-9-13/h2-9,11,17H,10H2,1H3. The van der Waals surface area contributed by atoms with Crippen LogP contribution in [-0.2, 0) is 10.0 Å². The van der Waals surface area contributed by atoms with Gasteiger partial charge in [-0.15, -0.1) is 0 Å². The molecule has 0 bridgehead atoms. The van der Waals surface area contributed by atoms with Crippen molar-refractivity contribution in [3.63, 3.8) is 0 Å². The zero-order valence-electron chi connectivity index (χ0n) is 11.0. The highest BCUT2D eigenvalue weighted by Crippen LogP contribution is 2.18. The van der Waals surface area contributed by atoms with Gasteiger partial charge in [0.15, 0.2) is 0 Å². The molecule has 4 nitrogen and oxygen atoms in total. The Kier molecular flexibility index (Phi) is 4.77. The van der Waals surface area contributed by atoms with E-state index in [2.05, 4.69) is 25.6 Å². The summed E-state index contributed by atoms with van der Waals surface area (Å²) in [6, 6.07) is 13.0. The van der Waals surface area contributed by atoms with E-state index in [1.54, 1.807) is 12.1 Å². The lowest BCUT2D eigenvalue weighted by molar-refractivity contribution is 0.595. The molecule has 2 aromatic rings. The normalized spacial score (nSPS) is 12.9. The van der Waals surface area contributed by atoms with Crippen molar-refractivity contribution < 1.29 is 8.42 Å². The van der Waals surface area contributed by atoms with Gasteiger partial charge in [0.05, 0.1) is 17.6 Å². The van der Waals surface area contributed by atoms with Gasteiger partial charge in [0.25, 0.3) is 0 Å². The second-order valence-corrected chi connectivity index (χ2v) is 7.14. The largest absolute Gasteiger partial charge is 0.282 e. The molecule has 0 radical (unpaired) electrons. The molecule has 0 aliphatic carbocycles. The number of nitrogens with one attached hydrogen (secondary N) is 1. The Balaban J connectivity index is 2.06. The fraction of sp³-hybridized carbons (Fsp3) is 0.214. The minimum atomic E-state index is -3.40. The molecule has 0 saturated heterocycles. The van der Waals surface area contributed by atoms with E-state index >= 15 is 0 Å². The van der Waals surface area contributed by atoms with Gasteiger partial charge < -0.3 is 0 Å². The molecule has 0 spiro atoms. The van der Waals surface area contributed by atoms with E-state index in [9.17, 15) is 8.42 Å². The first-order valence-corrected chi connectivity index (χ1v) is 8.58. The van der Waals surface area contributed by atoms with Gasteiger partial charge in [-0.05, 0) is 39.5 Å². The summed E-state index contributed by atoms with van der Waals surface area (Å²) >= 11 is 3.21. The van der Waals surface area contributed by atoms with Crippen LogP contribution in [0, 0.1) is 0 Å². The first-order chi connectivity index (χ1) is 9.46. The maximum atomic E-state index is 12.1. The summed E-state index contributed by atoms with van der Waals surface area (Å²) in [5.74, 6) is -0.0373. The van der Waals surface area contributed by atoms with Crippen LogP contribution < -0.4 is 4.72 Å². The van der Waals surface area contributed by atoms with Gasteiger partial charge in [-0.3, -0.25) is 4.72 Å². The van der Waals surface area contributed by atoms with Gasteiger partial charge in [0.1, 0.15) is 4.60 Å². The molecule has 0 saturated carbocycles. The Morgan fingerprint density at radius 3 is 2.50 bits per heavy atom. The first kappa shape index (κ1) is 15.0. The average Bonchev–Trinajstić information content (AvgIpc) is 2.41. The second-order valence-electron chi connectivity index (χ2n) is 4.56. The van der Waals surface area contributed by atoms with Crippen molar-refractivity contribution in [2.45, 2.75) is 12.8 Å². The number of hydrogen-bond donors (Lipinski definition) is 1. The molecular weight excluding hydrogens is 340 g/mol. The molecular formula is C14H15BrN2O2S. The smallest absolute Gasteiger partial charge is 0.233 e. The quantitative estimate of drug-likeness (QED) is 0.837. The minimum Gasteiger partial charge on any atom is -0.282 e. The zero-order chi connectivity index (χ0) is 14.6. The number of aromatic nitrogens is 1. The van der Waals surface area contributed by atoms with E-state index in [1.165, 1.54) is 6.20 Å². The van der Waals surface area contributed by atoms with Crippen LogP contribution in [0.15, 0.2) is 53.3 Å². The number of benzene rings is 1. The summed E-state index contributed by atoms with van der Waals surface area (Å²) in [5.41, 5.74) is 1.47. The Morgan fingerprint density at radius 2 is 1.90 bits per heavy atom. The molecule has 0 amide bonds. The van der Waals surface area contributed by atoms with E-state index in [4.69, 9.17) is 0 Å².